The number of nitrogens with two attached hydrogens (primary N) is 1. The van der Waals surface area contributed by atoms with E-state index in [1.54, 1.807) is 0 Å². The molecular weight excluding hydrogens is 255 g/mol. The van der Waals surface area contributed by atoms with Gasteiger partial charge < -0.3 is 11.1 Å². The van der Waals surface area contributed by atoms with Crippen molar-refractivity contribution in [3.8, 4) is 0 Å². The molecule has 0 atom stereocenters. The quantitative estimate of drug-likeness (QED) is 0.855. The number of benzene rings is 1. The predicted octanol–water partition coefficient (Wildman–Crippen LogP) is 3.98. The molecule has 0 saturated heterocycles. The Kier molecular flexibility index (Phi) is 4.18. The summed E-state index contributed by atoms with van der Waals surface area (Å²) in [4.78, 5) is 0. The molecule has 0 aromatic heterocycles. The molecule has 4 heteroatoms. The van der Waals surface area contributed by atoms with Gasteiger partial charge in [-0.15, -0.1) is 0 Å². The smallest absolute Gasteiger partial charge is 0.0641 e. The molecule has 17 heavy (non-hydrogen) atoms. The summed E-state index contributed by atoms with van der Waals surface area (Å²) >= 11 is 12.3. The largest absolute Gasteiger partial charge is 0.381 e. The van der Waals surface area contributed by atoms with E-state index in [0.29, 0.717) is 12.1 Å². The van der Waals surface area contributed by atoms with Gasteiger partial charge in [0.1, 0.15) is 0 Å². The Labute approximate surface area is 112 Å². The molecular formula is C13H18Cl2N2. The number of nitrogens with one attached hydrogen (secondary N) is 1. The molecule has 0 radical (unpaired) electrons. The molecule has 2 nitrogen and oxygen atoms in total. The lowest BCUT2D eigenvalue weighted by Gasteiger charge is -2.28. The maximum absolute atomic E-state index is 6.20. The summed E-state index contributed by atoms with van der Waals surface area (Å²) in [7, 11) is 0. The van der Waals surface area contributed by atoms with Crippen molar-refractivity contribution in [1.29, 1.82) is 0 Å². The molecule has 1 aromatic carbocycles. The Morgan fingerprint density at radius 2 is 1.76 bits per heavy atom. The van der Waals surface area contributed by atoms with Crippen LogP contribution in [0.25, 0.3) is 0 Å². The topological polar surface area (TPSA) is 38.0 Å². The van der Waals surface area contributed by atoms with Crippen LogP contribution in [0.3, 0.4) is 0 Å². The summed E-state index contributed by atoms with van der Waals surface area (Å²) in [5.41, 5.74) is 7.83. The molecule has 2 rings (SSSR count). The normalized spacial score (nSPS) is 24.7. The zero-order chi connectivity index (χ0) is 12.4. The second-order valence-electron chi connectivity index (χ2n) is 4.84. The van der Waals surface area contributed by atoms with E-state index in [0.717, 1.165) is 47.0 Å². The van der Waals surface area contributed by atoms with Crippen LogP contribution in [0.5, 0.6) is 0 Å². The molecule has 0 amide bonds. The molecule has 0 spiro atoms. The highest BCUT2D eigenvalue weighted by Crippen LogP contribution is 2.31. The first-order chi connectivity index (χ1) is 8.06. The molecule has 0 bridgehead atoms. The molecule has 1 fully saturated rings. The Morgan fingerprint density at radius 3 is 2.41 bits per heavy atom. The van der Waals surface area contributed by atoms with Gasteiger partial charge in [0.2, 0.25) is 0 Å². The van der Waals surface area contributed by atoms with Crippen LogP contribution < -0.4 is 11.1 Å². The fraction of sp³-hybridized carbons (Fsp3) is 0.538. The highest BCUT2D eigenvalue weighted by molar-refractivity contribution is 6.35. The van der Waals surface area contributed by atoms with Crippen LogP contribution in [0.1, 0.15) is 31.2 Å². The lowest BCUT2D eigenvalue weighted by molar-refractivity contribution is 0.411. The van der Waals surface area contributed by atoms with E-state index < -0.39 is 0 Å². The van der Waals surface area contributed by atoms with E-state index in [1.807, 2.05) is 19.1 Å². The maximum atomic E-state index is 6.20. The van der Waals surface area contributed by atoms with Crippen LogP contribution in [0, 0.1) is 6.92 Å². The van der Waals surface area contributed by atoms with Gasteiger partial charge in [-0.3, -0.25) is 0 Å². The molecule has 1 aliphatic rings. The Bertz CT molecular complexity index is 399. The molecule has 1 aliphatic carbocycles. The van der Waals surface area contributed by atoms with Gasteiger partial charge in [0.25, 0.3) is 0 Å². The standard InChI is InChI=1S/C13H18Cl2N2/c1-8-6-12(15)13(7-11(8)14)17-10-4-2-9(16)3-5-10/h6-7,9-10,17H,2-5,16H2,1H3. The molecule has 1 aromatic rings. The fourth-order valence-electron chi connectivity index (χ4n) is 2.24. The number of anilines is 1. The fourth-order valence-corrected chi connectivity index (χ4v) is 2.68. The van der Waals surface area contributed by atoms with Gasteiger partial charge in [0, 0.05) is 17.1 Å². The van der Waals surface area contributed by atoms with Crippen molar-refractivity contribution in [1.82, 2.24) is 0 Å². The van der Waals surface area contributed by atoms with E-state index in [4.69, 9.17) is 28.9 Å². The minimum atomic E-state index is 0.366. The lowest BCUT2D eigenvalue weighted by atomic mass is 9.91. The number of rotatable bonds is 2. The summed E-state index contributed by atoms with van der Waals surface area (Å²) in [6, 6.07) is 4.64. The molecule has 0 unspecified atom stereocenters. The van der Waals surface area contributed by atoms with Crippen molar-refractivity contribution in [2.75, 3.05) is 5.32 Å². The summed E-state index contributed by atoms with van der Waals surface area (Å²) < 4.78 is 0. The lowest BCUT2D eigenvalue weighted by Crippen LogP contribution is -2.32. The summed E-state index contributed by atoms with van der Waals surface area (Å²) in [6.45, 7) is 1.96. The third-order valence-electron chi connectivity index (χ3n) is 3.38. The van der Waals surface area contributed by atoms with Crippen LogP contribution in [-0.4, -0.2) is 12.1 Å². The van der Waals surface area contributed by atoms with E-state index in [-0.39, 0.29) is 0 Å². The van der Waals surface area contributed by atoms with E-state index in [9.17, 15) is 0 Å². The van der Waals surface area contributed by atoms with Gasteiger partial charge in [-0.2, -0.15) is 0 Å². The van der Waals surface area contributed by atoms with Crippen LogP contribution >= 0.6 is 23.2 Å². The summed E-state index contributed by atoms with van der Waals surface area (Å²) in [6.07, 6.45) is 4.36. The van der Waals surface area contributed by atoms with Gasteiger partial charge in [-0.05, 0) is 50.3 Å². The highest BCUT2D eigenvalue weighted by atomic mass is 35.5. The minimum absolute atomic E-state index is 0.366. The number of hydrogen-bond donors (Lipinski definition) is 2. The van der Waals surface area contributed by atoms with Crippen molar-refractivity contribution in [2.24, 2.45) is 5.73 Å². The first kappa shape index (κ1) is 13.0. The van der Waals surface area contributed by atoms with Gasteiger partial charge >= 0.3 is 0 Å². The van der Waals surface area contributed by atoms with Gasteiger partial charge in [0.05, 0.1) is 10.7 Å². The van der Waals surface area contributed by atoms with Crippen LogP contribution in [-0.2, 0) is 0 Å². The van der Waals surface area contributed by atoms with Crippen molar-refractivity contribution < 1.29 is 0 Å². The van der Waals surface area contributed by atoms with Crippen molar-refractivity contribution in [2.45, 2.75) is 44.7 Å². The average Bonchev–Trinajstić information content (AvgIpc) is 2.29. The van der Waals surface area contributed by atoms with Gasteiger partial charge in [-0.1, -0.05) is 23.2 Å². The number of hydrogen-bond acceptors (Lipinski definition) is 2. The average molecular weight is 273 g/mol. The molecule has 94 valence electrons. The van der Waals surface area contributed by atoms with Crippen LogP contribution in [0.4, 0.5) is 5.69 Å². The minimum Gasteiger partial charge on any atom is -0.381 e. The van der Waals surface area contributed by atoms with Crippen LogP contribution in [0.15, 0.2) is 12.1 Å². The summed E-state index contributed by atoms with van der Waals surface area (Å²) in [5, 5.41) is 4.96. The maximum Gasteiger partial charge on any atom is 0.0641 e. The molecule has 0 aliphatic heterocycles. The van der Waals surface area contributed by atoms with Crippen molar-refractivity contribution in [3.63, 3.8) is 0 Å². The second-order valence-corrected chi connectivity index (χ2v) is 5.65. The van der Waals surface area contributed by atoms with E-state index >= 15 is 0 Å². The zero-order valence-electron chi connectivity index (χ0n) is 9.97. The Hall–Kier alpha value is -0.440. The third-order valence-corrected chi connectivity index (χ3v) is 4.10. The van der Waals surface area contributed by atoms with Gasteiger partial charge in [0.15, 0.2) is 0 Å². The molecule has 3 N–H and O–H groups in total. The Balaban J connectivity index is 2.06. The third kappa shape index (κ3) is 3.27. The SMILES string of the molecule is Cc1cc(Cl)c(NC2CCC(N)CC2)cc1Cl. The number of halogens is 2. The van der Waals surface area contributed by atoms with Crippen LogP contribution in [0.2, 0.25) is 10.0 Å². The second kappa shape index (κ2) is 5.47. The van der Waals surface area contributed by atoms with Crippen molar-refractivity contribution >= 4 is 28.9 Å². The summed E-state index contributed by atoms with van der Waals surface area (Å²) in [5.74, 6) is 0. The first-order valence-electron chi connectivity index (χ1n) is 6.04. The molecule has 1 saturated carbocycles. The monoisotopic (exact) mass is 272 g/mol. The van der Waals surface area contributed by atoms with E-state index in [2.05, 4.69) is 5.32 Å². The van der Waals surface area contributed by atoms with E-state index in [1.165, 1.54) is 0 Å². The number of aryl methyl sites for hydroxylation is 1. The first-order valence-corrected chi connectivity index (χ1v) is 6.79. The van der Waals surface area contributed by atoms with Gasteiger partial charge in [-0.25, -0.2) is 0 Å². The molecule has 0 heterocycles. The van der Waals surface area contributed by atoms with Crippen molar-refractivity contribution in [3.05, 3.63) is 27.7 Å². The highest BCUT2D eigenvalue weighted by Gasteiger charge is 2.19. The Morgan fingerprint density at radius 1 is 1.12 bits per heavy atom. The predicted molar refractivity (Wildman–Crippen MR) is 75.1 cm³/mol. The zero-order valence-corrected chi connectivity index (χ0v) is 11.5.